The van der Waals surface area contributed by atoms with Crippen molar-refractivity contribution in [2.75, 3.05) is 36.4 Å². The third-order valence-corrected chi connectivity index (χ3v) is 6.39. The molecule has 166 valence electrons. The van der Waals surface area contributed by atoms with Gasteiger partial charge < -0.3 is 19.6 Å². The van der Waals surface area contributed by atoms with E-state index in [1.165, 1.54) is 12.8 Å². The smallest absolute Gasteiger partial charge is 0.321 e. The molecule has 2 fully saturated rings. The summed E-state index contributed by atoms with van der Waals surface area (Å²) in [4.78, 5) is 25.7. The Bertz CT molecular complexity index is 1050. The number of hydrogen-bond acceptors (Lipinski definition) is 6. The van der Waals surface area contributed by atoms with Crippen LogP contribution in [0.2, 0.25) is 5.02 Å². The topological polar surface area (TPSA) is 87.4 Å². The Morgan fingerprint density at radius 1 is 1.03 bits per heavy atom. The summed E-state index contributed by atoms with van der Waals surface area (Å²) in [5.74, 6) is 2.62. The number of anilines is 2. The summed E-state index contributed by atoms with van der Waals surface area (Å²) in [6, 6.07) is 11.0. The molecule has 2 aliphatic rings. The summed E-state index contributed by atoms with van der Waals surface area (Å²) < 4.78 is 5.48. The number of benzene rings is 1. The van der Waals surface area contributed by atoms with Crippen molar-refractivity contribution in [3.63, 3.8) is 0 Å². The van der Waals surface area contributed by atoms with Crippen LogP contribution >= 0.6 is 11.6 Å². The molecule has 0 atom stereocenters. The van der Waals surface area contributed by atoms with Crippen LogP contribution in [-0.4, -0.2) is 52.2 Å². The number of amides is 2. The van der Waals surface area contributed by atoms with Crippen molar-refractivity contribution in [3.05, 3.63) is 53.5 Å². The molecule has 8 nitrogen and oxygen atoms in total. The maximum atomic E-state index is 12.5. The molecule has 9 heteroatoms. The second-order valence-electron chi connectivity index (χ2n) is 8.25. The molecule has 0 bridgehead atoms. The fraction of sp³-hybridized carbons (Fsp3) is 0.391. The zero-order valence-corrected chi connectivity index (χ0v) is 18.5. The summed E-state index contributed by atoms with van der Waals surface area (Å²) in [6.07, 6.45) is 6.51. The van der Waals surface area contributed by atoms with E-state index < -0.39 is 0 Å². The summed E-state index contributed by atoms with van der Waals surface area (Å²) in [5, 5.41) is 7.70. The maximum Gasteiger partial charge on any atom is 0.321 e. The number of pyridine rings is 1. The van der Waals surface area contributed by atoms with Gasteiger partial charge in [0.15, 0.2) is 0 Å². The van der Waals surface area contributed by atoms with E-state index in [2.05, 4.69) is 25.3 Å². The van der Waals surface area contributed by atoms with Crippen molar-refractivity contribution in [3.8, 4) is 11.4 Å². The first-order valence-corrected chi connectivity index (χ1v) is 11.4. The molecule has 3 heterocycles. The van der Waals surface area contributed by atoms with Gasteiger partial charge in [-0.15, -0.1) is 0 Å². The fourth-order valence-corrected chi connectivity index (χ4v) is 4.40. The van der Waals surface area contributed by atoms with Gasteiger partial charge in [0.2, 0.25) is 11.7 Å². The molecule has 2 amide bonds. The van der Waals surface area contributed by atoms with E-state index in [4.69, 9.17) is 16.1 Å². The van der Waals surface area contributed by atoms with Crippen molar-refractivity contribution in [1.29, 1.82) is 0 Å². The van der Waals surface area contributed by atoms with Crippen LogP contribution in [0, 0.1) is 0 Å². The number of rotatable bonds is 4. The Morgan fingerprint density at radius 2 is 1.78 bits per heavy atom. The third kappa shape index (κ3) is 4.55. The lowest BCUT2D eigenvalue weighted by atomic mass is 10.1. The molecule has 1 aliphatic carbocycles. The molecule has 1 N–H and O–H groups in total. The predicted molar refractivity (Wildman–Crippen MR) is 123 cm³/mol. The normalized spacial score (nSPS) is 17.0. The number of nitrogens with one attached hydrogen (secondary N) is 1. The molecule has 2 aromatic heterocycles. The molecule has 1 aliphatic heterocycles. The summed E-state index contributed by atoms with van der Waals surface area (Å²) >= 11 is 5.90. The molecule has 0 radical (unpaired) electrons. The van der Waals surface area contributed by atoms with Crippen LogP contribution in [0.1, 0.15) is 37.5 Å². The first-order chi connectivity index (χ1) is 15.7. The standard InChI is InChI=1S/C23H25ClN6O2/c24-18-6-8-19(9-7-18)26-23(31)30-13-11-29(12-14-30)20-10-5-17(15-25-20)21-27-22(32-28-21)16-3-1-2-4-16/h5-10,15-16H,1-4,11-14H2,(H,26,31). The number of aromatic nitrogens is 3. The van der Waals surface area contributed by atoms with Gasteiger partial charge in [-0.25, -0.2) is 9.78 Å². The van der Waals surface area contributed by atoms with Crippen LogP contribution in [0.25, 0.3) is 11.4 Å². The third-order valence-electron chi connectivity index (χ3n) is 6.14. The zero-order chi connectivity index (χ0) is 21.9. The highest BCUT2D eigenvalue weighted by Crippen LogP contribution is 2.34. The highest BCUT2D eigenvalue weighted by molar-refractivity contribution is 6.30. The largest absolute Gasteiger partial charge is 0.353 e. The van der Waals surface area contributed by atoms with E-state index in [9.17, 15) is 4.79 Å². The van der Waals surface area contributed by atoms with Gasteiger partial charge in [-0.1, -0.05) is 29.6 Å². The molecule has 1 aromatic carbocycles. The van der Waals surface area contributed by atoms with Crippen molar-refractivity contribution in [1.82, 2.24) is 20.0 Å². The SMILES string of the molecule is O=C(Nc1ccc(Cl)cc1)N1CCN(c2ccc(-c3noc(C4CCCC4)n3)cn2)CC1. The Balaban J connectivity index is 1.16. The fourth-order valence-electron chi connectivity index (χ4n) is 4.27. The maximum absolute atomic E-state index is 12.5. The second kappa shape index (κ2) is 9.16. The Kier molecular flexibility index (Phi) is 5.94. The number of urea groups is 1. The van der Waals surface area contributed by atoms with Crippen LogP contribution in [0.4, 0.5) is 16.3 Å². The number of hydrogen-bond donors (Lipinski definition) is 1. The average molecular weight is 453 g/mol. The highest BCUT2D eigenvalue weighted by Gasteiger charge is 2.24. The van der Waals surface area contributed by atoms with Gasteiger partial charge in [-0.3, -0.25) is 0 Å². The average Bonchev–Trinajstić information content (AvgIpc) is 3.53. The van der Waals surface area contributed by atoms with E-state index in [-0.39, 0.29) is 6.03 Å². The van der Waals surface area contributed by atoms with Gasteiger partial charge in [-0.2, -0.15) is 4.98 Å². The number of piperazine rings is 1. The van der Waals surface area contributed by atoms with Crippen LogP contribution < -0.4 is 10.2 Å². The second-order valence-corrected chi connectivity index (χ2v) is 8.69. The molecule has 1 saturated heterocycles. The summed E-state index contributed by atoms with van der Waals surface area (Å²) in [5.41, 5.74) is 1.58. The summed E-state index contributed by atoms with van der Waals surface area (Å²) in [7, 11) is 0. The lowest BCUT2D eigenvalue weighted by Gasteiger charge is -2.35. The molecule has 5 rings (SSSR count). The Hall–Kier alpha value is -3.13. The Labute approximate surface area is 191 Å². The zero-order valence-electron chi connectivity index (χ0n) is 17.7. The quantitative estimate of drug-likeness (QED) is 0.612. The van der Waals surface area contributed by atoms with E-state index >= 15 is 0 Å². The molecular weight excluding hydrogens is 428 g/mol. The van der Waals surface area contributed by atoms with E-state index in [1.54, 1.807) is 30.5 Å². The van der Waals surface area contributed by atoms with E-state index in [0.29, 0.717) is 42.9 Å². The van der Waals surface area contributed by atoms with Gasteiger partial charge in [0.05, 0.1) is 0 Å². The first-order valence-electron chi connectivity index (χ1n) is 11.0. The van der Waals surface area contributed by atoms with Crippen molar-refractivity contribution >= 4 is 29.1 Å². The monoisotopic (exact) mass is 452 g/mol. The van der Waals surface area contributed by atoms with Crippen molar-refractivity contribution < 1.29 is 9.32 Å². The molecule has 0 spiro atoms. The van der Waals surface area contributed by atoms with Crippen molar-refractivity contribution in [2.24, 2.45) is 0 Å². The Morgan fingerprint density at radius 3 is 2.47 bits per heavy atom. The first kappa shape index (κ1) is 20.8. The van der Waals surface area contributed by atoms with Gasteiger partial charge >= 0.3 is 6.03 Å². The van der Waals surface area contributed by atoms with Crippen molar-refractivity contribution in [2.45, 2.75) is 31.6 Å². The van der Waals surface area contributed by atoms with Gasteiger partial charge in [0.25, 0.3) is 0 Å². The van der Waals surface area contributed by atoms with Gasteiger partial charge in [0.1, 0.15) is 5.82 Å². The highest BCUT2D eigenvalue weighted by atomic mass is 35.5. The van der Waals surface area contributed by atoms with Crippen LogP contribution in [0.15, 0.2) is 47.1 Å². The van der Waals surface area contributed by atoms with E-state index in [1.807, 2.05) is 17.0 Å². The van der Waals surface area contributed by atoms with Gasteiger partial charge in [-0.05, 0) is 49.2 Å². The van der Waals surface area contributed by atoms with Crippen LogP contribution in [-0.2, 0) is 0 Å². The molecule has 1 saturated carbocycles. The minimum Gasteiger partial charge on any atom is -0.353 e. The minimum absolute atomic E-state index is 0.106. The number of carbonyl (C=O) groups is 1. The lowest BCUT2D eigenvalue weighted by Crippen LogP contribution is -2.50. The number of nitrogens with zero attached hydrogens (tertiary/aromatic N) is 5. The molecule has 3 aromatic rings. The van der Waals surface area contributed by atoms with Crippen LogP contribution in [0.5, 0.6) is 0 Å². The predicted octanol–water partition coefficient (Wildman–Crippen LogP) is 4.80. The number of halogens is 1. The van der Waals surface area contributed by atoms with Gasteiger partial charge in [0, 0.05) is 54.6 Å². The molecule has 0 unspecified atom stereocenters. The van der Waals surface area contributed by atoms with Crippen LogP contribution in [0.3, 0.4) is 0 Å². The molecule has 32 heavy (non-hydrogen) atoms. The summed E-state index contributed by atoms with van der Waals surface area (Å²) in [6.45, 7) is 2.68. The van der Waals surface area contributed by atoms with E-state index in [0.717, 1.165) is 35.8 Å². The molecular formula is C23H25ClN6O2. The lowest BCUT2D eigenvalue weighted by molar-refractivity contribution is 0.208. The number of carbonyl (C=O) groups excluding carboxylic acids is 1. The minimum atomic E-state index is -0.106.